The Labute approximate surface area is 149 Å². The molecule has 0 bridgehead atoms. The Balaban J connectivity index is 1.77. The van der Waals surface area contributed by atoms with Crippen molar-refractivity contribution in [2.75, 3.05) is 13.1 Å². The van der Waals surface area contributed by atoms with Crippen molar-refractivity contribution in [2.24, 2.45) is 0 Å². The summed E-state index contributed by atoms with van der Waals surface area (Å²) in [5.74, 6) is 0.354. The fourth-order valence-corrected chi connectivity index (χ4v) is 3.82. The molecule has 0 unspecified atom stereocenters. The van der Waals surface area contributed by atoms with E-state index in [1.165, 1.54) is 11.1 Å². The van der Waals surface area contributed by atoms with Crippen LogP contribution in [0.4, 0.5) is 0 Å². The summed E-state index contributed by atoms with van der Waals surface area (Å²) in [5.41, 5.74) is 2.72. The van der Waals surface area contributed by atoms with Crippen LogP contribution in [0.25, 0.3) is 0 Å². The van der Waals surface area contributed by atoms with Crippen molar-refractivity contribution in [1.82, 2.24) is 16.0 Å². The molecule has 0 radical (unpaired) electrons. The van der Waals surface area contributed by atoms with Gasteiger partial charge in [0.25, 0.3) is 0 Å². The second kappa shape index (κ2) is 8.27. The van der Waals surface area contributed by atoms with E-state index >= 15 is 0 Å². The average molecular weight is 340 g/mol. The van der Waals surface area contributed by atoms with Gasteiger partial charge in [0.2, 0.25) is 0 Å². The molecule has 2 aromatic rings. The van der Waals surface area contributed by atoms with Crippen molar-refractivity contribution in [1.29, 1.82) is 0 Å². The highest BCUT2D eigenvalue weighted by Gasteiger charge is 2.32. The maximum Gasteiger partial charge on any atom is 0.166 e. The molecule has 2 aromatic carbocycles. The lowest BCUT2D eigenvalue weighted by Gasteiger charge is -2.25. The van der Waals surface area contributed by atoms with E-state index in [0.717, 1.165) is 24.6 Å². The summed E-state index contributed by atoms with van der Waals surface area (Å²) >= 11 is 5.33. The quantitative estimate of drug-likeness (QED) is 0.732. The Morgan fingerprint density at radius 1 is 1.08 bits per heavy atom. The van der Waals surface area contributed by atoms with Gasteiger partial charge in [-0.25, -0.2) is 0 Å². The van der Waals surface area contributed by atoms with Crippen molar-refractivity contribution in [3.05, 3.63) is 71.8 Å². The van der Waals surface area contributed by atoms with E-state index in [9.17, 15) is 0 Å². The number of thiocarbonyl (C=S) groups is 1. The Morgan fingerprint density at radius 3 is 2.21 bits per heavy atom. The molecule has 0 saturated carbocycles. The first-order chi connectivity index (χ1) is 11.8. The van der Waals surface area contributed by atoms with E-state index in [-0.39, 0.29) is 0 Å². The zero-order chi connectivity index (χ0) is 16.8. The van der Waals surface area contributed by atoms with Crippen LogP contribution in [-0.2, 0) is 0 Å². The maximum atomic E-state index is 5.33. The first-order valence-corrected chi connectivity index (χ1v) is 9.06. The smallest absolute Gasteiger partial charge is 0.166 e. The second-order valence-electron chi connectivity index (χ2n) is 6.25. The van der Waals surface area contributed by atoms with Gasteiger partial charge in [0.05, 0.1) is 0 Å². The number of rotatable bonds is 5. The van der Waals surface area contributed by atoms with Gasteiger partial charge in [0.15, 0.2) is 5.11 Å². The maximum absolute atomic E-state index is 5.33. The minimum atomic E-state index is 0.354. The third-order valence-electron chi connectivity index (χ3n) is 4.56. The third-order valence-corrected chi connectivity index (χ3v) is 4.82. The van der Waals surface area contributed by atoms with Crippen molar-refractivity contribution in [3.63, 3.8) is 0 Å². The monoisotopic (exact) mass is 339 g/mol. The summed E-state index contributed by atoms with van der Waals surface area (Å²) in [6, 6.07) is 22.3. The van der Waals surface area contributed by atoms with Crippen LogP contribution in [0.5, 0.6) is 0 Å². The van der Waals surface area contributed by atoms with Crippen LogP contribution in [-0.4, -0.2) is 30.3 Å². The summed E-state index contributed by atoms with van der Waals surface area (Å²) in [5, 5.41) is 11.0. The normalized spacial score (nSPS) is 20.1. The van der Waals surface area contributed by atoms with Gasteiger partial charge in [-0.3, -0.25) is 0 Å². The average Bonchev–Trinajstić information content (AvgIpc) is 3.05. The molecular formula is C20H25N3S. The number of hydrogen-bond acceptors (Lipinski definition) is 2. The van der Waals surface area contributed by atoms with E-state index in [2.05, 4.69) is 83.5 Å². The standard InChI is InChI=1S/C20H25N3S/c1-2-21-20(24)23-17-13-18(22-14-17)19(15-9-5-3-6-10-15)16-11-7-4-8-12-16/h3-12,17-19,22H,2,13-14H2,1H3,(H2,21,23,24)/t17-,18-/m1/s1. The lowest BCUT2D eigenvalue weighted by atomic mass is 9.84. The predicted octanol–water partition coefficient (Wildman–Crippen LogP) is 3.03. The van der Waals surface area contributed by atoms with Crippen LogP contribution in [0.15, 0.2) is 60.7 Å². The van der Waals surface area contributed by atoms with Crippen molar-refractivity contribution in [2.45, 2.75) is 31.3 Å². The van der Waals surface area contributed by atoms with E-state index < -0.39 is 0 Å². The molecule has 1 saturated heterocycles. The molecule has 1 aliphatic rings. The number of benzene rings is 2. The van der Waals surface area contributed by atoms with Gasteiger partial charge in [-0.15, -0.1) is 0 Å². The molecule has 1 aliphatic heterocycles. The molecule has 0 aliphatic carbocycles. The van der Waals surface area contributed by atoms with Gasteiger partial charge in [0, 0.05) is 31.1 Å². The first kappa shape index (κ1) is 16.9. The topological polar surface area (TPSA) is 36.1 Å². The zero-order valence-electron chi connectivity index (χ0n) is 14.0. The predicted molar refractivity (Wildman–Crippen MR) is 104 cm³/mol. The lowest BCUT2D eigenvalue weighted by molar-refractivity contribution is 0.530. The molecule has 0 aromatic heterocycles. The SMILES string of the molecule is CCNC(=S)N[C@H]1CN[C@@H](C(c2ccccc2)c2ccccc2)C1. The molecule has 1 fully saturated rings. The molecule has 126 valence electrons. The molecule has 1 heterocycles. The van der Waals surface area contributed by atoms with Crippen LogP contribution in [0.3, 0.4) is 0 Å². The van der Waals surface area contributed by atoms with Crippen LogP contribution >= 0.6 is 12.2 Å². The summed E-state index contributed by atoms with van der Waals surface area (Å²) in [4.78, 5) is 0. The molecule has 3 N–H and O–H groups in total. The second-order valence-corrected chi connectivity index (χ2v) is 6.66. The summed E-state index contributed by atoms with van der Waals surface area (Å²) < 4.78 is 0. The largest absolute Gasteiger partial charge is 0.363 e. The fraction of sp³-hybridized carbons (Fsp3) is 0.350. The van der Waals surface area contributed by atoms with E-state index in [4.69, 9.17) is 12.2 Å². The minimum Gasteiger partial charge on any atom is -0.363 e. The van der Waals surface area contributed by atoms with E-state index in [1.807, 2.05) is 0 Å². The minimum absolute atomic E-state index is 0.354. The Kier molecular flexibility index (Phi) is 5.83. The molecule has 0 amide bonds. The Hall–Kier alpha value is -1.91. The molecule has 24 heavy (non-hydrogen) atoms. The fourth-order valence-electron chi connectivity index (χ4n) is 3.51. The van der Waals surface area contributed by atoms with Gasteiger partial charge >= 0.3 is 0 Å². The van der Waals surface area contributed by atoms with E-state index in [1.54, 1.807) is 0 Å². The molecule has 0 spiro atoms. The van der Waals surface area contributed by atoms with Crippen molar-refractivity contribution in [3.8, 4) is 0 Å². The van der Waals surface area contributed by atoms with Crippen LogP contribution in [0.2, 0.25) is 0 Å². The van der Waals surface area contributed by atoms with Gasteiger partial charge in [-0.1, -0.05) is 60.7 Å². The Bertz CT molecular complexity index is 605. The number of nitrogens with one attached hydrogen (secondary N) is 3. The van der Waals surface area contributed by atoms with Gasteiger partial charge in [-0.2, -0.15) is 0 Å². The Morgan fingerprint density at radius 2 is 1.67 bits per heavy atom. The highest BCUT2D eigenvalue weighted by atomic mass is 32.1. The molecule has 2 atom stereocenters. The summed E-state index contributed by atoms with van der Waals surface area (Å²) in [6.45, 7) is 3.85. The lowest BCUT2D eigenvalue weighted by Crippen LogP contribution is -2.42. The van der Waals surface area contributed by atoms with Gasteiger partial charge in [-0.05, 0) is 36.7 Å². The third kappa shape index (κ3) is 4.13. The van der Waals surface area contributed by atoms with Crippen LogP contribution in [0.1, 0.15) is 30.4 Å². The molecule has 4 heteroatoms. The van der Waals surface area contributed by atoms with Crippen molar-refractivity contribution < 1.29 is 0 Å². The number of hydrogen-bond donors (Lipinski definition) is 3. The van der Waals surface area contributed by atoms with Crippen molar-refractivity contribution >= 4 is 17.3 Å². The van der Waals surface area contributed by atoms with Gasteiger partial charge < -0.3 is 16.0 Å². The van der Waals surface area contributed by atoms with E-state index in [0.29, 0.717) is 18.0 Å². The van der Waals surface area contributed by atoms with Crippen LogP contribution in [0, 0.1) is 0 Å². The summed E-state index contributed by atoms with van der Waals surface area (Å²) in [7, 11) is 0. The van der Waals surface area contributed by atoms with Crippen LogP contribution < -0.4 is 16.0 Å². The molecule has 3 rings (SSSR count). The molecule has 3 nitrogen and oxygen atoms in total. The summed E-state index contributed by atoms with van der Waals surface area (Å²) in [6.07, 6.45) is 1.06. The first-order valence-electron chi connectivity index (χ1n) is 8.65. The molecular weight excluding hydrogens is 314 g/mol. The zero-order valence-corrected chi connectivity index (χ0v) is 14.9. The highest BCUT2D eigenvalue weighted by molar-refractivity contribution is 7.80. The van der Waals surface area contributed by atoms with Gasteiger partial charge in [0.1, 0.15) is 0 Å². The highest BCUT2D eigenvalue weighted by Crippen LogP contribution is 2.32.